The van der Waals surface area contributed by atoms with E-state index in [1.165, 1.54) is 12.1 Å². The molecule has 0 aliphatic rings. The highest BCUT2D eigenvalue weighted by atomic mass is 35.5. The highest BCUT2D eigenvalue weighted by Crippen LogP contribution is 2.25. The number of nitrogens with two attached hydrogens (primary N) is 1. The molecule has 0 heterocycles. The van der Waals surface area contributed by atoms with E-state index in [1.807, 2.05) is 0 Å². The Morgan fingerprint density at radius 1 is 1.36 bits per heavy atom. The SMILES string of the molecule is NCC(c1ccc(F)c(Cl)c1)C(F)F. The minimum atomic E-state index is -2.57. The van der Waals surface area contributed by atoms with Gasteiger partial charge in [-0.2, -0.15) is 0 Å². The largest absolute Gasteiger partial charge is 0.330 e. The summed E-state index contributed by atoms with van der Waals surface area (Å²) in [6.07, 6.45) is -2.57. The summed E-state index contributed by atoms with van der Waals surface area (Å²) in [7, 11) is 0. The van der Waals surface area contributed by atoms with Crippen molar-refractivity contribution < 1.29 is 13.2 Å². The minimum Gasteiger partial charge on any atom is -0.330 e. The van der Waals surface area contributed by atoms with Crippen LogP contribution in [0.2, 0.25) is 5.02 Å². The van der Waals surface area contributed by atoms with E-state index in [1.54, 1.807) is 0 Å². The molecule has 1 aromatic rings. The molecular formula is C9H9ClF3N. The minimum absolute atomic E-state index is 0.165. The molecular weight excluding hydrogens is 215 g/mol. The molecule has 0 fully saturated rings. The van der Waals surface area contributed by atoms with Crippen molar-refractivity contribution >= 4 is 11.6 Å². The lowest BCUT2D eigenvalue weighted by Gasteiger charge is -2.14. The van der Waals surface area contributed by atoms with Crippen molar-refractivity contribution in [3.05, 3.63) is 34.6 Å². The second-order valence-electron chi connectivity index (χ2n) is 2.85. The van der Waals surface area contributed by atoms with Gasteiger partial charge in [0.2, 0.25) is 6.43 Å². The topological polar surface area (TPSA) is 26.0 Å². The molecule has 0 radical (unpaired) electrons. The summed E-state index contributed by atoms with van der Waals surface area (Å²) in [6.45, 7) is -0.195. The van der Waals surface area contributed by atoms with Gasteiger partial charge in [0, 0.05) is 6.54 Å². The Kier molecular flexibility index (Phi) is 3.77. The van der Waals surface area contributed by atoms with Crippen molar-refractivity contribution in [2.75, 3.05) is 6.54 Å². The van der Waals surface area contributed by atoms with E-state index in [-0.39, 0.29) is 17.1 Å². The van der Waals surface area contributed by atoms with Gasteiger partial charge in [0.1, 0.15) is 5.82 Å². The molecule has 1 unspecified atom stereocenters. The van der Waals surface area contributed by atoms with Crippen molar-refractivity contribution in [3.63, 3.8) is 0 Å². The Morgan fingerprint density at radius 2 is 2.00 bits per heavy atom. The standard InChI is InChI=1S/C9H9ClF3N/c10-7-3-5(1-2-8(7)11)6(4-14)9(12)13/h1-3,6,9H,4,14H2. The molecule has 0 aliphatic carbocycles. The second-order valence-corrected chi connectivity index (χ2v) is 3.26. The molecule has 14 heavy (non-hydrogen) atoms. The molecule has 1 aromatic carbocycles. The van der Waals surface area contributed by atoms with E-state index in [0.717, 1.165) is 6.07 Å². The van der Waals surface area contributed by atoms with Crippen LogP contribution in [-0.2, 0) is 0 Å². The Bertz CT molecular complexity index is 317. The molecule has 0 amide bonds. The molecule has 1 atom stereocenters. The first-order chi connectivity index (χ1) is 6.56. The molecule has 0 saturated carbocycles. The summed E-state index contributed by atoms with van der Waals surface area (Å²) in [5.74, 6) is -1.71. The molecule has 0 aliphatic heterocycles. The Hall–Kier alpha value is -0.740. The van der Waals surface area contributed by atoms with E-state index in [9.17, 15) is 13.2 Å². The molecule has 2 N–H and O–H groups in total. The van der Waals surface area contributed by atoms with Crippen molar-refractivity contribution in [3.8, 4) is 0 Å². The van der Waals surface area contributed by atoms with Gasteiger partial charge in [0.05, 0.1) is 10.9 Å². The van der Waals surface area contributed by atoms with Crippen LogP contribution in [0.25, 0.3) is 0 Å². The van der Waals surface area contributed by atoms with Gasteiger partial charge in [-0.1, -0.05) is 17.7 Å². The van der Waals surface area contributed by atoms with E-state index >= 15 is 0 Å². The maximum atomic E-state index is 12.7. The summed E-state index contributed by atoms with van der Waals surface area (Å²) in [4.78, 5) is 0. The fourth-order valence-corrected chi connectivity index (χ4v) is 1.32. The molecule has 78 valence electrons. The lowest BCUT2D eigenvalue weighted by Crippen LogP contribution is -2.19. The first kappa shape index (κ1) is 11.3. The van der Waals surface area contributed by atoms with Crippen molar-refractivity contribution in [2.24, 2.45) is 5.73 Å². The number of hydrogen-bond donors (Lipinski definition) is 1. The summed E-state index contributed by atoms with van der Waals surface area (Å²) in [5.41, 5.74) is 5.44. The fourth-order valence-electron chi connectivity index (χ4n) is 1.13. The van der Waals surface area contributed by atoms with Gasteiger partial charge < -0.3 is 5.73 Å². The zero-order chi connectivity index (χ0) is 10.7. The molecule has 0 bridgehead atoms. The Balaban J connectivity index is 3.00. The quantitative estimate of drug-likeness (QED) is 0.838. The summed E-state index contributed by atoms with van der Waals surface area (Å²) in [5, 5.41) is -0.165. The molecule has 0 spiro atoms. The Morgan fingerprint density at radius 3 is 2.43 bits per heavy atom. The van der Waals surface area contributed by atoms with Crippen LogP contribution >= 0.6 is 11.6 Å². The van der Waals surface area contributed by atoms with Gasteiger partial charge in [0.15, 0.2) is 0 Å². The smallest absolute Gasteiger partial charge is 0.246 e. The molecule has 1 rings (SSSR count). The van der Waals surface area contributed by atoms with Crippen LogP contribution < -0.4 is 5.73 Å². The van der Waals surface area contributed by atoms with Crippen molar-refractivity contribution in [1.82, 2.24) is 0 Å². The zero-order valence-electron chi connectivity index (χ0n) is 7.18. The highest BCUT2D eigenvalue weighted by molar-refractivity contribution is 6.30. The Labute approximate surface area is 84.7 Å². The van der Waals surface area contributed by atoms with Crippen molar-refractivity contribution in [2.45, 2.75) is 12.3 Å². The maximum Gasteiger partial charge on any atom is 0.246 e. The number of alkyl halides is 2. The van der Waals surface area contributed by atoms with Crippen LogP contribution in [-0.4, -0.2) is 13.0 Å². The maximum absolute atomic E-state index is 12.7. The average molecular weight is 224 g/mol. The van der Waals surface area contributed by atoms with Gasteiger partial charge in [-0.05, 0) is 17.7 Å². The first-order valence-electron chi connectivity index (χ1n) is 3.99. The summed E-state index contributed by atoms with van der Waals surface area (Å²) < 4.78 is 37.5. The van der Waals surface area contributed by atoms with Crippen LogP contribution in [0.4, 0.5) is 13.2 Å². The van der Waals surface area contributed by atoms with Crippen LogP contribution in [0.15, 0.2) is 18.2 Å². The van der Waals surface area contributed by atoms with Crippen molar-refractivity contribution in [1.29, 1.82) is 0 Å². The predicted octanol–water partition coefficient (Wildman–Crippen LogP) is 2.79. The molecule has 0 saturated heterocycles. The lowest BCUT2D eigenvalue weighted by atomic mass is 10.00. The first-order valence-corrected chi connectivity index (χ1v) is 4.37. The molecule has 0 aromatic heterocycles. The number of halogens is 4. The number of rotatable bonds is 3. The second kappa shape index (κ2) is 4.66. The van der Waals surface area contributed by atoms with E-state index in [4.69, 9.17) is 17.3 Å². The lowest BCUT2D eigenvalue weighted by molar-refractivity contribution is 0.117. The van der Waals surface area contributed by atoms with Gasteiger partial charge >= 0.3 is 0 Å². The van der Waals surface area contributed by atoms with Gasteiger partial charge in [-0.15, -0.1) is 0 Å². The summed E-state index contributed by atoms with van der Waals surface area (Å²) in [6, 6.07) is 3.51. The van der Waals surface area contributed by atoms with Crippen LogP contribution in [0, 0.1) is 5.82 Å². The molecule has 1 nitrogen and oxygen atoms in total. The molecule has 5 heteroatoms. The number of hydrogen-bond acceptors (Lipinski definition) is 1. The van der Waals surface area contributed by atoms with E-state index in [0.29, 0.717) is 0 Å². The third kappa shape index (κ3) is 2.39. The predicted molar refractivity (Wildman–Crippen MR) is 49.2 cm³/mol. The zero-order valence-corrected chi connectivity index (χ0v) is 7.94. The van der Waals surface area contributed by atoms with Crippen LogP contribution in [0.3, 0.4) is 0 Å². The van der Waals surface area contributed by atoms with E-state index in [2.05, 4.69) is 0 Å². The summed E-state index contributed by atoms with van der Waals surface area (Å²) >= 11 is 5.46. The van der Waals surface area contributed by atoms with Gasteiger partial charge in [-0.25, -0.2) is 13.2 Å². The van der Waals surface area contributed by atoms with Gasteiger partial charge in [-0.3, -0.25) is 0 Å². The normalized spacial score (nSPS) is 13.3. The third-order valence-corrected chi connectivity index (χ3v) is 2.22. The fraction of sp³-hybridized carbons (Fsp3) is 0.333. The average Bonchev–Trinajstić information content (AvgIpc) is 2.11. The highest BCUT2D eigenvalue weighted by Gasteiger charge is 2.21. The van der Waals surface area contributed by atoms with E-state index < -0.39 is 18.2 Å². The van der Waals surface area contributed by atoms with Gasteiger partial charge in [0.25, 0.3) is 0 Å². The number of benzene rings is 1. The van der Waals surface area contributed by atoms with Crippen LogP contribution in [0.5, 0.6) is 0 Å². The third-order valence-electron chi connectivity index (χ3n) is 1.93. The monoisotopic (exact) mass is 223 g/mol. The van der Waals surface area contributed by atoms with Crippen LogP contribution in [0.1, 0.15) is 11.5 Å².